The van der Waals surface area contributed by atoms with E-state index in [0.717, 1.165) is 0 Å². The lowest BCUT2D eigenvalue weighted by Gasteiger charge is -2.46. The molecule has 1 aliphatic carbocycles. The summed E-state index contributed by atoms with van der Waals surface area (Å²) < 4.78 is 0. The standard InChI is InChI=1S/C4H9B3O2/c5-3(6)1-4(7,9)2(3)8/h9H,1,5-7H2. The van der Waals surface area contributed by atoms with Crippen molar-refractivity contribution in [2.75, 3.05) is 0 Å². The predicted octanol–water partition coefficient (Wildman–Crippen LogP) is -3.34. The van der Waals surface area contributed by atoms with E-state index in [1.54, 1.807) is 7.85 Å². The summed E-state index contributed by atoms with van der Waals surface area (Å²) in [4.78, 5) is 11.0. The van der Waals surface area contributed by atoms with Crippen molar-refractivity contribution in [3.05, 3.63) is 0 Å². The van der Waals surface area contributed by atoms with Crippen molar-refractivity contribution in [2.45, 2.75) is 17.1 Å². The molecule has 2 nitrogen and oxygen atoms in total. The summed E-state index contributed by atoms with van der Waals surface area (Å²) in [5.41, 5.74) is -1.02. The average molecular weight is 122 g/mol. The fourth-order valence-electron chi connectivity index (χ4n) is 1.64. The van der Waals surface area contributed by atoms with Crippen molar-refractivity contribution in [3.8, 4) is 0 Å². The van der Waals surface area contributed by atoms with E-state index >= 15 is 0 Å². The van der Waals surface area contributed by atoms with E-state index in [-0.39, 0.29) is 11.0 Å². The minimum Gasteiger partial charge on any atom is -0.392 e. The minimum absolute atomic E-state index is 0.0324. The van der Waals surface area contributed by atoms with Gasteiger partial charge in [-0.15, -0.1) is 0 Å². The lowest BCUT2D eigenvalue weighted by atomic mass is 9.35. The van der Waals surface area contributed by atoms with Crippen molar-refractivity contribution < 1.29 is 9.90 Å². The Bertz CT molecular complexity index is 147. The van der Waals surface area contributed by atoms with Gasteiger partial charge in [0.15, 0.2) is 7.85 Å². The minimum atomic E-state index is -1.02. The Morgan fingerprint density at radius 2 is 1.89 bits per heavy atom. The Hall–Kier alpha value is -0.175. The number of ketones is 1. The van der Waals surface area contributed by atoms with Crippen LogP contribution < -0.4 is 0 Å². The van der Waals surface area contributed by atoms with Crippen molar-refractivity contribution in [3.63, 3.8) is 0 Å². The Balaban J connectivity index is 2.74. The zero-order chi connectivity index (χ0) is 7.28. The van der Waals surface area contributed by atoms with Gasteiger partial charge in [0.1, 0.15) is 21.5 Å². The first-order valence-electron chi connectivity index (χ1n) is 3.13. The van der Waals surface area contributed by atoms with Gasteiger partial charge in [-0.3, -0.25) is 4.79 Å². The quantitative estimate of drug-likeness (QED) is 0.341. The van der Waals surface area contributed by atoms with Crippen LogP contribution in [0.1, 0.15) is 6.42 Å². The van der Waals surface area contributed by atoms with Gasteiger partial charge in [-0.1, -0.05) is 0 Å². The van der Waals surface area contributed by atoms with Crippen LogP contribution in [-0.2, 0) is 4.79 Å². The number of Topliss-reactive ketones (excluding diaryl/α,β-unsaturated/α-hetero) is 1. The maximum atomic E-state index is 11.0. The third kappa shape index (κ3) is 0.836. The van der Waals surface area contributed by atoms with E-state index in [4.69, 9.17) is 5.11 Å². The summed E-state index contributed by atoms with van der Waals surface area (Å²) in [6, 6.07) is 0. The summed E-state index contributed by atoms with van der Waals surface area (Å²) in [5, 5.41) is 8.89. The summed E-state index contributed by atoms with van der Waals surface area (Å²) in [5.74, 6) is -0.0324. The fourth-order valence-corrected chi connectivity index (χ4v) is 1.64. The van der Waals surface area contributed by atoms with Gasteiger partial charge in [0, 0.05) is 0 Å². The number of hydrogen-bond acceptors (Lipinski definition) is 2. The third-order valence-corrected chi connectivity index (χ3v) is 1.89. The van der Waals surface area contributed by atoms with E-state index in [0.29, 0.717) is 6.42 Å². The normalized spacial score (nSPS) is 39.9. The molecular formula is C4H9B3O2. The number of rotatable bonds is 0. The molecule has 1 atom stereocenters. The summed E-state index contributed by atoms with van der Waals surface area (Å²) >= 11 is 0. The average Bonchev–Trinajstić information content (AvgIpc) is 1.63. The molecule has 1 unspecified atom stereocenters. The Morgan fingerprint density at radius 3 is 1.89 bits per heavy atom. The van der Waals surface area contributed by atoms with Gasteiger partial charge in [0.05, 0.1) is 5.50 Å². The maximum Gasteiger partial charge on any atom is 0.152 e. The first kappa shape index (κ1) is 6.94. The molecule has 46 valence electrons. The molecule has 1 saturated carbocycles. The van der Waals surface area contributed by atoms with Gasteiger partial charge in [0.25, 0.3) is 0 Å². The van der Waals surface area contributed by atoms with Crippen LogP contribution in [0.25, 0.3) is 0 Å². The van der Waals surface area contributed by atoms with E-state index < -0.39 is 5.50 Å². The molecule has 0 aliphatic heterocycles. The highest BCUT2D eigenvalue weighted by atomic mass is 16.3. The van der Waals surface area contributed by atoms with E-state index in [9.17, 15) is 4.79 Å². The smallest absolute Gasteiger partial charge is 0.152 e. The molecule has 0 aromatic rings. The number of carbonyl (C=O) groups excluding carboxylic acids is 1. The second-order valence-electron chi connectivity index (χ2n) is 3.66. The molecule has 0 aromatic carbocycles. The SMILES string of the molecule is BC1(B)CC(B)(O)C1=O. The predicted molar refractivity (Wildman–Crippen MR) is 42.9 cm³/mol. The van der Waals surface area contributed by atoms with Crippen LogP contribution in [0.5, 0.6) is 0 Å². The van der Waals surface area contributed by atoms with Gasteiger partial charge in [-0.25, -0.2) is 0 Å². The lowest BCUT2D eigenvalue weighted by molar-refractivity contribution is -0.141. The number of hydrogen-bond donors (Lipinski definition) is 1. The van der Waals surface area contributed by atoms with Crippen LogP contribution in [0.15, 0.2) is 0 Å². The van der Waals surface area contributed by atoms with Crippen LogP contribution >= 0.6 is 0 Å². The second kappa shape index (κ2) is 1.46. The first-order chi connectivity index (χ1) is 3.86. The highest BCUT2D eigenvalue weighted by Gasteiger charge is 2.53. The molecule has 1 N–H and O–H groups in total. The molecular weight excluding hydrogens is 112 g/mol. The monoisotopic (exact) mass is 122 g/mol. The molecule has 0 bridgehead atoms. The van der Waals surface area contributed by atoms with Crippen LogP contribution in [-0.4, -0.2) is 39.9 Å². The van der Waals surface area contributed by atoms with Crippen LogP contribution in [0, 0.1) is 0 Å². The topological polar surface area (TPSA) is 37.3 Å². The molecule has 5 heteroatoms. The molecule has 1 rings (SSSR count). The fraction of sp³-hybridized carbons (Fsp3) is 0.750. The zero-order valence-electron chi connectivity index (χ0n) is 6.06. The van der Waals surface area contributed by atoms with E-state index in [1.807, 2.05) is 15.7 Å². The van der Waals surface area contributed by atoms with Crippen LogP contribution in [0.2, 0.25) is 5.21 Å². The van der Waals surface area contributed by atoms with Gasteiger partial charge < -0.3 is 5.11 Å². The number of aliphatic hydroxyl groups is 1. The lowest BCUT2D eigenvalue weighted by Crippen LogP contribution is -2.59. The zero-order valence-corrected chi connectivity index (χ0v) is 6.06. The van der Waals surface area contributed by atoms with Crippen molar-refractivity contribution >= 4 is 29.3 Å². The Morgan fingerprint density at radius 1 is 1.44 bits per heavy atom. The van der Waals surface area contributed by atoms with Gasteiger partial charge >= 0.3 is 0 Å². The van der Waals surface area contributed by atoms with Crippen molar-refractivity contribution in [1.29, 1.82) is 0 Å². The molecule has 1 aliphatic rings. The summed E-state index contributed by atoms with van der Waals surface area (Å²) in [6.07, 6.45) is 0.596. The third-order valence-electron chi connectivity index (χ3n) is 1.89. The second-order valence-corrected chi connectivity index (χ2v) is 3.66. The molecule has 0 spiro atoms. The molecule has 0 heterocycles. The van der Waals surface area contributed by atoms with Crippen LogP contribution in [0.4, 0.5) is 0 Å². The molecule has 0 saturated heterocycles. The highest BCUT2D eigenvalue weighted by molar-refractivity contribution is 6.58. The van der Waals surface area contributed by atoms with Crippen LogP contribution in [0.3, 0.4) is 0 Å². The summed E-state index contributed by atoms with van der Waals surface area (Å²) in [6.45, 7) is 0. The van der Waals surface area contributed by atoms with Crippen molar-refractivity contribution in [2.24, 2.45) is 0 Å². The van der Waals surface area contributed by atoms with Gasteiger partial charge in [0.2, 0.25) is 0 Å². The Labute approximate surface area is 57.2 Å². The number of carbonyl (C=O) groups is 1. The van der Waals surface area contributed by atoms with Gasteiger partial charge in [-0.05, 0) is 11.6 Å². The van der Waals surface area contributed by atoms with E-state index in [2.05, 4.69) is 0 Å². The Kier molecular flexibility index (Phi) is 1.12. The highest BCUT2D eigenvalue weighted by Crippen LogP contribution is 2.43. The maximum absolute atomic E-state index is 11.0. The molecule has 9 heavy (non-hydrogen) atoms. The van der Waals surface area contributed by atoms with E-state index in [1.165, 1.54) is 0 Å². The summed E-state index contributed by atoms with van der Waals surface area (Å²) in [7, 11) is 5.28. The molecule has 1 fully saturated rings. The van der Waals surface area contributed by atoms with Gasteiger partial charge in [-0.2, -0.15) is 0 Å². The van der Waals surface area contributed by atoms with Crippen molar-refractivity contribution in [1.82, 2.24) is 0 Å². The largest absolute Gasteiger partial charge is 0.392 e. The molecule has 0 radical (unpaired) electrons. The molecule has 0 amide bonds. The first-order valence-corrected chi connectivity index (χ1v) is 3.13. The molecule has 0 aromatic heterocycles.